The number of nitriles is 1. The third-order valence-corrected chi connectivity index (χ3v) is 2.08. The van der Waals surface area contributed by atoms with Crippen LogP contribution in [0, 0.1) is 11.3 Å². The number of nitrogens with zero attached hydrogens (tertiary/aromatic N) is 1. The summed E-state index contributed by atoms with van der Waals surface area (Å²) < 4.78 is 0. The molecule has 1 aromatic carbocycles. The maximum absolute atomic E-state index is 10.3. The van der Waals surface area contributed by atoms with Crippen LogP contribution in [0.5, 0.6) is 0 Å². The predicted octanol–water partition coefficient (Wildman–Crippen LogP) is 4.44. The van der Waals surface area contributed by atoms with E-state index in [9.17, 15) is 9.59 Å². The van der Waals surface area contributed by atoms with Gasteiger partial charge in [-0.1, -0.05) is 87.0 Å². The first-order chi connectivity index (χ1) is 12.8. The molecule has 5 nitrogen and oxygen atoms in total. The number of amides is 1. The lowest BCUT2D eigenvalue weighted by Crippen LogP contribution is -2.04. The van der Waals surface area contributed by atoms with E-state index in [0.29, 0.717) is 0 Å². The van der Waals surface area contributed by atoms with Gasteiger partial charge in [0.2, 0.25) is 5.91 Å². The Labute approximate surface area is 161 Å². The molecule has 1 aromatic rings. The third-order valence-electron chi connectivity index (χ3n) is 2.08. The molecule has 0 spiro atoms. The molecule has 0 radical (unpaired) electrons. The van der Waals surface area contributed by atoms with Gasteiger partial charge in [-0.15, -0.1) is 0 Å². The lowest BCUT2D eigenvalue weighted by molar-refractivity contribution is -0.132. The average molecular weight is 366 g/mol. The van der Waals surface area contributed by atoms with Gasteiger partial charge in [0, 0.05) is 17.7 Å². The highest BCUT2D eigenvalue weighted by atomic mass is 16.4. The Morgan fingerprint density at radius 3 is 1.85 bits per heavy atom. The molecule has 3 N–H and O–H groups in total. The van der Waals surface area contributed by atoms with Crippen molar-refractivity contribution in [3.63, 3.8) is 0 Å². The molecule has 0 aromatic heterocycles. The first-order valence-corrected chi connectivity index (χ1v) is 7.58. The maximum atomic E-state index is 10.3. The minimum Gasteiger partial charge on any atom is -0.478 e. The summed E-state index contributed by atoms with van der Waals surface area (Å²) in [4.78, 5) is 19.9. The number of allylic oxidation sites excluding steroid dienone is 5. The van der Waals surface area contributed by atoms with Crippen molar-refractivity contribution in [1.29, 1.82) is 5.26 Å². The highest BCUT2D eigenvalue weighted by Gasteiger charge is 1.90. The number of carbonyl (C=O) groups is 2. The monoisotopic (exact) mass is 366 g/mol. The molecule has 1 amide bonds. The molecule has 0 saturated carbocycles. The number of nitrogens with two attached hydrogens (primary N) is 1. The van der Waals surface area contributed by atoms with Gasteiger partial charge in [0.25, 0.3) is 0 Å². The van der Waals surface area contributed by atoms with Crippen LogP contribution in [0.1, 0.15) is 12.5 Å². The van der Waals surface area contributed by atoms with E-state index in [-0.39, 0.29) is 5.57 Å². The van der Waals surface area contributed by atoms with E-state index in [1.54, 1.807) is 30.4 Å². The normalized spacial score (nSPS) is 8.30. The molecule has 27 heavy (non-hydrogen) atoms. The Morgan fingerprint density at radius 1 is 1.11 bits per heavy atom. The van der Waals surface area contributed by atoms with Gasteiger partial charge in [-0.25, -0.2) is 4.79 Å². The molecule has 0 atom stereocenters. The highest BCUT2D eigenvalue weighted by molar-refractivity contribution is 5.86. The number of rotatable bonds is 5. The molecular weight excluding hydrogens is 340 g/mol. The predicted molar refractivity (Wildman–Crippen MR) is 112 cm³/mol. The zero-order valence-electron chi connectivity index (χ0n) is 15.5. The standard InChI is InChI=1S/C11H11NO.C4H6O2.C4H6.C3H3N/c12-11(13)9-5-4-8-10-6-2-1-3-7-10;1-3(2)4(5)6;1-3-4-2;1-2-3-4/h1-9H,(H2,12,13);1H2,2H3,(H,5,6);3-4H,1-2H2;2H,1H2. The Kier molecular flexibility index (Phi) is 22.8. The quantitative estimate of drug-likeness (QED) is 0.456. The zero-order chi connectivity index (χ0) is 21.5. The second-order valence-electron chi connectivity index (χ2n) is 4.42. The summed E-state index contributed by atoms with van der Waals surface area (Å²) in [5.74, 6) is -1.37. The van der Waals surface area contributed by atoms with Crippen molar-refractivity contribution in [2.45, 2.75) is 6.92 Å². The number of carbonyl (C=O) groups excluding carboxylic acids is 1. The molecule has 0 heterocycles. The summed E-state index contributed by atoms with van der Waals surface area (Å²) in [5, 5.41) is 15.4. The molecule has 0 aliphatic rings. The fourth-order valence-corrected chi connectivity index (χ4v) is 0.881. The van der Waals surface area contributed by atoms with Crippen molar-refractivity contribution in [1.82, 2.24) is 0 Å². The number of hydrogen-bond donors (Lipinski definition) is 2. The van der Waals surface area contributed by atoms with Crippen LogP contribution in [0.4, 0.5) is 0 Å². The Bertz CT molecular complexity index is 676. The fourth-order valence-electron chi connectivity index (χ4n) is 0.881. The topological polar surface area (TPSA) is 104 Å². The van der Waals surface area contributed by atoms with E-state index < -0.39 is 11.9 Å². The molecule has 0 aliphatic heterocycles. The second kappa shape index (κ2) is 22.1. The van der Waals surface area contributed by atoms with Gasteiger partial charge in [0.1, 0.15) is 0 Å². The number of carboxylic acids is 1. The van der Waals surface area contributed by atoms with Crippen molar-refractivity contribution in [2.75, 3.05) is 0 Å². The highest BCUT2D eigenvalue weighted by Crippen LogP contribution is 2.00. The van der Waals surface area contributed by atoms with Crippen molar-refractivity contribution in [3.8, 4) is 6.07 Å². The van der Waals surface area contributed by atoms with Gasteiger partial charge < -0.3 is 10.8 Å². The smallest absolute Gasteiger partial charge is 0.330 e. The number of hydrogen-bond acceptors (Lipinski definition) is 3. The van der Waals surface area contributed by atoms with Crippen LogP contribution in [-0.2, 0) is 9.59 Å². The third kappa shape index (κ3) is 30.5. The summed E-state index contributed by atoms with van der Waals surface area (Å²) in [6.45, 7) is 14.4. The van der Waals surface area contributed by atoms with Gasteiger partial charge >= 0.3 is 5.97 Å². The summed E-state index contributed by atoms with van der Waals surface area (Å²) in [6.07, 6.45) is 11.1. The molecule has 0 saturated heterocycles. The second-order valence-corrected chi connectivity index (χ2v) is 4.42. The van der Waals surface area contributed by atoms with E-state index in [4.69, 9.17) is 16.1 Å². The van der Waals surface area contributed by atoms with E-state index in [1.165, 1.54) is 19.1 Å². The van der Waals surface area contributed by atoms with Crippen molar-refractivity contribution in [2.24, 2.45) is 5.73 Å². The molecule has 5 heteroatoms. The van der Waals surface area contributed by atoms with Crippen LogP contribution in [0.2, 0.25) is 0 Å². The Morgan fingerprint density at radius 2 is 1.56 bits per heavy atom. The molecule has 142 valence electrons. The van der Waals surface area contributed by atoms with E-state index in [2.05, 4.69) is 26.3 Å². The van der Waals surface area contributed by atoms with Gasteiger partial charge in [-0.05, 0) is 12.5 Å². The summed E-state index contributed by atoms with van der Waals surface area (Å²) in [7, 11) is 0. The first kappa shape index (κ1) is 27.9. The molecule has 0 aliphatic carbocycles. The van der Waals surface area contributed by atoms with Crippen LogP contribution >= 0.6 is 0 Å². The van der Waals surface area contributed by atoms with Crippen LogP contribution in [-0.4, -0.2) is 17.0 Å². The molecule has 0 unspecified atom stereocenters. The zero-order valence-corrected chi connectivity index (χ0v) is 15.5. The number of primary amides is 1. The summed E-state index contributed by atoms with van der Waals surface area (Å²) in [5.41, 5.74) is 6.18. The summed E-state index contributed by atoms with van der Waals surface area (Å²) >= 11 is 0. The SMILES string of the molecule is C=C(C)C(=O)O.C=CC#N.C=CC=C.NC(=O)C=CC=Cc1ccccc1. The number of aliphatic carboxylic acids is 1. The minimum atomic E-state index is -0.935. The van der Waals surface area contributed by atoms with Gasteiger partial charge in [-0.2, -0.15) is 5.26 Å². The van der Waals surface area contributed by atoms with E-state index in [1.807, 2.05) is 36.4 Å². The molecule has 1 rings (SSSR count). The van der Waals surface area contributed by atoms with Crippen molar-refractivity contribution in [3.05, 3.63) is 104 Å². The van der Waals surface area contributed by atoms with E-state index >= 15 is 0 Å². The summed E-state index contributed by atoms with van der Waals surface area (Å²) in [6, 6.07) is 11.5. The lowest BCUT2D eigenvalue weighted by atomic mass is 10.2. The molecular formula is C22H26N2O3. The maximum Gasteiger partial charge on any atom is 0.330 e. The minimum absolute atomic E-state index is 0.176. The van der Waals surface area contributed by atoms with Crippen LogP contribution < -0.4 is 5.73 Å². The van der Waals surface area contributed by atoms with Gasteiger partial charge in [0.15, 0.2) is 0 Å². The Balaban J connectivity index is -0.000000343. The van der Waals surface area contributed by atoms with Crippen LogP contribution in [0.3, 0.4) is 0 Å². The van der Waals surface area contributed by atoms with Crippen molar-refractivity contribution < 1.29 is 14.7 Å². The van der Waals surface area contributed by atoms with Crippen LogP contribution in [0.15, 0.2) is 98.7 Å². The van der Waals surface area contributed by atoms with E-state index in [0.717, 1.165) is 5.56 Å². The van der Waals surface area contributed by atoms with Gasteiger partial charge in [-0.3, -0.25) is 4.79 Å². The number of benzene rings is 1. The molecule has 0 bridgehead atoms. The average Bonchev–Trinajstić information content (AvgIpc) is 2.66. The van der Waals surface area contributed by atoms with Gasteiger partial charge in [0.05, 0.1) is 6.07 Å². The fraction of sp³-hybridized carbons (Fsp3) is 0.0455. The van der Waals surface area contributed by atoms with Crippen molar-refractivity contribution >= 4 is 18.0 Å². The largest absolute Gasteiger partial charge is 0.478 e. The lowest BCUT2D eigenvalue weighted by Gasteiger charge is -1.87. The Hall–Kier alpha value is -3.91. The number of carboxylic acid groups (broad SMARTS) is 1. The van der Waals surface area contributed by atoms with Crippen LogP contribution in [0.25, 0.3) is 6.08 Å². The first-order valence-electron chi connectivity index (χ1n) is 7.58. The molecule has 0 fully saturated rings.